The monoisotopic (exact) mass is 576 g/mol. The maximum atomic E-state index is 5.91. The molecule has 0 radical (unpaired) electrons. The number of H-pyrrole nitrogens is 1. The van der Waals surface area contributed by atoms with E-state index in [1.54, 1.807) is 13.4 Å². The molecule has 2 aromatic carbocycles. The van der Waals surface area contributed by atoms with Gasteiger partial charge in [0.05, 0.1) is 7.11 Å². The molecule has 182 valence electrons. The number of methoxy groups -OCH3 is 1. The summed E-state index contributed by atoms with van der Waals surface area (Å²) in [5.74, 6) is 4.86. The average Bonchev–Trinajstić information content (AvgIpc) is 3.40. The van der Waals surface area contributed by atoms with Crippen molar-refractivity contribution < 1.29 is 9.47 Å². The van der Waals surface area contributed by atoms with Crippen molar-refractivity contribution in [2.45, 2.75) is 32.1 Å². The molecule has 1 aliphatic heterocycles. The molecule has 1 saturated heterocycles. The number of aromatic nitrogens is 3. The molecule has 0 aliphatic carbocycles. The summed E-state index contributed by atoms with van der Waals surface area (Å²) in [4.78, 5) is 11.5. The topological polar surface area (TPSA) is 87.7 Å². The van der Waals surface area contributed by atoms with E-state index in [0.29, 0.717) is 5.92 Å². The lowest BCUT2D eigenvalue weighted by Crippen LogP contribution is -2.45. The molecular formula is C25H33IN6O2. The highest BCUT2D eigenvalue weighted by Gasteiger charge is 2.24. The Labute approximate surface area is 218 Å². The third-order valence-corrected chi connectivity index (χ3v) is 5.83. The Kier molecular flexibility index (Phi) is 9.99. The standard InChI is InChI=1S/C25H32N6O2.HI/c1-3-26-25(31-16-13-20(14-17-31)24-28-18-29-30-24)27-15-12-19-4-6-22(7-5-19)33-23-10-8-21(32-2)9-11-23;/h4-11,18,20H,3,12-17H2,1-2H3,(H,26,27)(H,28,29,30);1H. The minimum Gasteiger partial charge on any atom is -0.497 e. The van der Waals surface area contributed by atoms with E-state index in [9.17, 15) is 0 Å². The van der Waals surface area contributed by atoms with Gasteiger partial charge in [0, 0.05) is 32.1 Å². The first-order chi connectivity index (χ1) is 16.2. The third kappa shape index (κ3) is 7.09. The van der Waals surface area contributed by atoms with Gasteiger partial charge in [0.15, 0.2) is 5.96 Å². The number of halogens is 1. The highest BCUT2D eigenvalue weighted by Crippen LogP contribution is 2.25. The molecule has 0 saturated carbocycles. The summed E-state index contributed by atoms with van der Waals surface area (Å²) in [5, 5.41) is 10.4. The van der Waals surface area contributed by atoms with E-state index < -0.39 is 0 Å². The van der Waals surface area contributed by atoms with Crippen LogP contribution < -0.4 is 14.8 Å². The molecule has 4 rings (SSSR count). The molecule has 0 amide bonds. The van der Waals surface area contributed by atoms with Crippen molar-refractivity contribution in [3.05, 3.63) is 66.2 Å². The number of ether oxygens (including phenoxy) is 2. The summed E-state index contributed by atoms with van der Waals surface area (Å²) < 4.78 is 11.1. The number of nitrogens with one attached hydrogen (secondary N) is 2. The first kappa shape index (κ1) is 25.8. The van der Waals surface area contributed by atoms with E-state index in [0.717, 1.165) is 74.5 Å². The van der Waals surface area contributed by atoms with Gasteiger partial charge in [0.1, 0.15) is 29.4 Å². The van der Waals surface area contributed by atoms with Gasteiger partial charge >= 0.3 is 0 Å². The summed E-state index contributed by atoms with van der Waals surface area (Å²) >= 11 is 0. The molecule has 1 aliphatic rings. The smallest absolute Gasteiger partial charge is 0.193 e. The molecule has 1 aromatic heterocycles. The maximum Gasteiger partial charge on any atom is 0.193 e. The van der Waals surface area contributed by atoms with E-state index in [1.165, 1.54) is 5.56 Å². The molecule has 3 aromatic rings. The van der Waals surface area contributed by atoms with Crippen LogP contribution >= 0.6 is 24.0 Å². The van der Waals surface area contributed by atoms with Crippen LogP contribution in [0.25, 0.3) is 0 Å². The fourth-order valence-corrected chi connectivity index (χ4v) is 4.00. The van der Waals surface area contributed by atoms with Crippen LogP contribution in [0.1, 0.15) is 37.1 Å². The van der Waals surface area contributed by atoms with Gasteiger partial charge in [-0.1, -0.05) is 12.1 Å². The van der Waals surface area contributed by atoms with Crippen molar-refractivity contribution in [3.8, 4) is 17.2 Å². The second kappa shape index (κ2) is 13.2. The molecule has 0 unspecified atom stereocenters. The summed E-state index contributed by atoms with van der Waals surface area (Å²) in [6.07, 6.45) is 4.57. The molecule has 2 heterocycles. The van der Waals surface area contributed by atoms with Crippen molar-refractivity contribution >= 4 is 29.9 Å². The molecule has 2 N–H and O–H groups in total. The van der Waals surface area contributed by atoms with Crippen molar-refractivity contribution in [3.63, 3.8) is 0 Å². The Morgan fingerprint density at radius 2 is 1.71 bits per heavy atom. The second-order valence-corrected chi connectivity index (χ2v) is 8.04. The largest absolute Gasteiger partial charge is 0.497 e. The number of hydrogen-bond donors (Lipinski definition) is 2. The SMILES string of the molecule is CCNC(=NCCc1ccc(Oc2ccc(OC)cc2)cc1)N1CCC(c2ncn[nH]2)CC1.I. The van der Waals surface area contributed by atoms with Crippen molar-refractivity contribution in [1.29, 1.82) is 0 Å². The fraction of sp³-hybridized carbons (Fsp3) is 0.400. The van der Waals surface area contributed by atoms with Gasteiger partial charge in [-0.2, -0.15) is 5.10 Å². The molecule has 9 heteroatoms. The number of rotatable bonds is 8. The van der Waals surface area contributed by atoms with Gasteiger partial charge in [-0.3, -0.25) is 10.1 Å². The lowest BCUT2D eigenvalue weighted by Gasteiger charge is -2.33. The Morgan fingerprint density at radius 1 is 1.06 bits per heavy atom. The number of piperidine rings is 1. The predicted molar refractivity (Wildman–Crippen MR) is 145 cm³/mol. The van der Waals surface area contributed by atoms with Crippen molar-refractivity contribution in [2.24, 2.45) is 4.99 Å². The minimum absolute atomic E-state index is 0. The Bertz CT molecular complexity index is 1000. The molecule has 0 atom stereocenters. The Hall–Kier alpha value is -2.82. The number of hydrogen-bond acceptors (Lipinski definition) is 5. The van der Waals surface area contributed by atoms with E-state index in [2.05, 4.69) is 44.5 Å². The van der Waals surface area contributed by atoms with Crippen LogP contribution in [-0.2, 0) is 6.42 Å². The Balaban J connectivity index is 0.00000324. The zero-order valence-corrected chi connectivity index (χ0v) is 22.1. The summed E-state index contributed by atoms with van der Waals surface area (Å²) in [6.45, 7) is 5.64. The lowest BCUT2D eigenvalue weighted by molar-refractivity contribution is 0.299. The number of benzene rings is 2. The summed E-state index contributed by atoms with van der Waals surface area (Å²) in [6, 6.07) is 15.8. The highest BCUT2D eigenvalue weighted by atomic mass is 127. The normalized spacial score (nSPS) is 14.4. The van der Waals surface area contributed by atoms with E-state index in [1.807, 2.05) is 36.4 Å². The average molecular weight is 576 g/mol. The fourth-order valence-electron chi connectivity index (χ4n) is 4.00. The van der Waals surface area contributed by atoms with E-state index in [4.69, 9.17) is 14.5 Å². The molecule has 8 nitrogen and oxygen atoms in total. The molecule has 34 heavy (non-hydrogen) atoms. The van der Waals surface area contributed by atoms with Gasteiger partial charge in [-0.25, -0.2) is 4.98 Å². The number of guanidine groups is 1. The summed E-state index contributed by atoms with van der Waals surface area (Å²) in [5.41, 5.74) is 1.24. The van der Waals surface area contributed by atoms with Crippen LogP contribution in [0.15, 0.2) is 59.9 Å². The van der Waals surface area contributed by atoms with Gasteiger partial charge in [-0.15, -0.1) is 24.0 Å². The zero-order chi connectivity index (χ0) is 22.9. The number of likely N-dealkylation sites (tertiary alicyclic amines) is 1. The van der Waals surface area contributed by atoms with Crippen LogP contribution in [0.3, 0.4) is 0 Å². The van der Waals surface area contributed by atoms with E-state index >= 15 is 0 Å². The summed E-state index contributed by atoms with van der Waals surface area (Å²) in [7, 11) is 1.65. The lowest BCUT2D eigenvalue weighted by atomic mass is 9.96. The second-order valence-electron chi connectivity index (χ2n) is 8.04. The van der Waals surface area contributed by atoms with E-state index in [-0.39, 0.29) is 24.0 Å². The van der Waals surface area contributed by atoms with Crippen molar-refractivity contribution in [1.82, 2.24) is 25.4 Å². The van der Waals surface area contributed by atoms with Gasteiger partial charge in [0.25, 0.3) is 0 Å². The van der Waals surface area contributed by atoms with Gasteiger partial charge < -0.3 is 19.7 Å². The van der Waals surface area contributed by atoms with Gasteiger partial charge in [0.2, 0.25) is 0 Å². The zero-order valence-electron chi connectivity index (χ0n) is 19.7. The number of nitrogens with zero attached hydrogens (tertiary/aromatic N) is 4. The highest BCUT2D eigenvalue weighted by molar-refractivity contribution is 14.0. The number of aromatic amines is 1. The third-order valence-electron chi connectivity index (χ3n) is 5.83. The Morgan fingerprint density at radius 3 is 2.29 bits per heavy atom. The van der Waals surface area contributed by atoms with Crippen molar-refractivity contribution in [2.75, 3.05) is 33.3 Å². The maximum absolute atomic E-state index is 5.91. The minimum atomic E-state index is 0. The molecule has 0 bridgehead atoms. The van der Waals surface area contributed by atoms with Crippen LogP contribution in [-0.4, -0.2) is 59.3 Å². The van der Waals surface area contributed by atoms with Crippen LogP contribution in [0.5, 0.6) is 17.2 Å². The molecule has 1 fully saturated rings. The first-order valence-electron chi connectivity index (χ1n) is 11.5. The van der Waals surface area contributed by atoms with Crippen LogP contribution in [0.2, 0.25) is 0 Å². The quantitative estimate of drug-likeness (QED) is 0.232. The number of aliphatic imine (C=N–C) groups is 1. The van der Waals surface area contributed by atoms with Crippen LogP contribution in [0, 0.1) is 0 Å². The molecular weight excluding hydrogens is 543 g/mol. The first-order valence-corrected chi connectivity index (χ1v) is 11.5. The molecule has 0 spiro atoms. The predicted octanol–water partition coefficient (Wildman–Crippen LogP) is 4.61. The van der Waals surface area contributed by atoms with Crippen LogP contribution in [0.4, 0.5) is 0 Å². The van der Waals surface area contributed by atoms with Gasteiger partial charge in [-0.05, 0) is 68.1 Å².